The molecule has 0 radical (unpaired) electrons. The van der Waals surface area contributed by atoms with Gasteiger partial charge in [-0.2, -0.15) is 0 Å². The Balaban J connectivity index is 1.76. The molecule has 0 spiro atoms. The second kappa shape index (κ2) is 9.78. The fraction of sp³-hybridized carbons (Fsp3) is 0.611. The van der Waals surface area contributed by atoms with E-state index in [2.05, 4.69) is 17.4 Å². The summed E-state index contributed by atoms with van der Waals surface area (Å²) < 4.78 is 5.76. The first-order valence-electron chi connectivity index (χ1n) is 8.53. The zero-order chi connectivity index (χ0) is 16.5. The van der Waals surface area contributed by atoms with Crippen LogP contribution in [0.4, 0.5) is 0 Å². The van der Waals surface area contributed by atoms with Crippen molar-refractivity contribution in [3.8, 4) is 5.75 Å². The monoisotopic (exact) mass is 338 g/mol. The minimum absolute atomic E-state index is 0.468. The summed E-state index contributed by atoms with van der Waals surface area (Å²) in [4.78, 5) is 10.9. The van der Waals surface area contributed by atoms with Crippen LogP contribution < -0.4 is 15.8 Å². The highest BCUT2D eigenvalue weighted by Gasteiger charge is 2.13. The van der Waals surface area contributed by atoms with Crippen molar-refractivity contribution in [2.24, 2.45) is 5.73 Å². The lowest BCUT2D eigenvalue weighted by molar-refractivity contribution is -0.117. The number of hydrogen-bond acceptors (Lipinski definition) is 3. The van der Waals surface area contributed by atoms with E-state index >= 15 is 0 Å². The third-order valence-electron chi connectivity index (χ3n) is 4.22. The fourth-order valence-corrected chi connectivity index (χ4v) is 3.07. The molecule has 1 heterocycles. The number of benzene rings is 1. The number of primary amides is 1. The zero-order valence-electron chi connectivity index (χ0n) is 13.6. The van der Waals surface area contributed by atoms with Gasteiger partial charge in [0.15, 0.2) is 0 Å². The Kier molecular flexibility index (Phi) is 7.69. The number of carbonyl (C=O) groups excluding carboxylic acids is 1. The summed E-state index contributed by atoms with van der Waals surface area (Å²) in [6.45, 7) is 1.67. The van der Waals surface area contributed by atoms with Crippen molar-refractivity contribution in [2.45, 2.75) is 56.4 Å². The van der Waals surface area contributed by atoms with Gasteiger partial charge >= 0.3 is 0 Å². The highest BCUT2D eigenvalue weighted by molar-refractivity contribution is 6.30. The van der Waals surface area contributed by atoms with Crippen molar-refractivity contribution in [1.29, 1.82) is 0 Å². The van der Waals surface area contributed by atoms with E-state index in [0.29, 0.717) is 25.5 Å². The maximum Gasteiger partial charge on any atom is 0.235 e. The largest absolute Gasteiger partial charge is 0.494 e. The fourth-order valence-electron chi connectivity index (χ4n) is 2.92. The van der Waals surface area contributed by atoms with Crippen LogP contribution in [0.1, 0.15) is 44.1 Å². The predicted octanol–water partition coefficient (Wildman–Crippen LogP) is 3.01. The first kappa shape index (κ1) is 18.1. The average molecular weight is 339 g/mol. The lowest BCUT2D eigenvalue weighted by Crippen LogP contribution is -2.30. The lowest BCUT2D eigenvalue weighted by Gasteiger charge is -2.16. The first-order chi connectivity index (χ1) is 11.1. The Bertz CT molecular complexity index is 488. The molecule has 1 aliphatic rings. The number of halogens is 1. The third-order valence-corrected chi connectivity index (χ3v) is 4.66. The van der Waals surface area contributed by atoms with E-state index in [1.807, 2.05) is 12.1 Å². The third kappa shape index (κ3) is 6.80. The molecule has 23 heavy (non-hydrogen) atoms. The van der Waals surface area contributed by atoms with Crippen molar-refractivity contribution in [3.63, 3.8) is 0 Å². The smallest absolute Gasteiger partial charge is 0.235 e. The standard InChI is InChI=1S/C18H27ClN2O2/c19-17(18(20)22)9-5-11-23-16-8-4-6-14(13-16)12-15-7-2-1-3-10-21-15/h4,6,8,13,15,17,21H,1-3,5,7,9-12H2,(H2,20,22). The Morgan fingerprint density at radius 1 is 1.39 bits per heavy atom. The molecule has 128 valence electrons. The minimum Gasteiger partial charge on any atom is -0.494 e. The van der Waals surface area contributed by atoms with E-state index in [4.69, 9.17) is 22.1 Å². The second-order valence-electron chi connectivity index (χ2n) is 6.21. The van der Waals surface area contributed by atoms with Gasteiger partial charge in [0.05, 0.1) is 6.61 Å². The summed E-state index contributed by atoms with van der Waals surface area (Å²) in [5, 5.41) is 3.02. The molecule has 1 fully saturated rings. The number of nitrogens with one attached hydrogen (secondary N) is 1. The van der Waals surface area contributed by atoms with Gasteiger partial charge in [0.25, 0.3) is 0 Å². The van der Waals surface area contributed by atoms with E-state index in [0.717, 1.165) is 18.7 Å². The van der Waals surface area contributed by atoms with Crippen molar-refractivity contribution in [3.05, 3.63) is 29.8 Å². The summed E-state index contributed by atoms with van der Waals surface area (Å²) in [5.74, 6) is 0.408. The van der Waals surface area contributed by atoms with Crippen molar-refractivity contribution in [1.82, 2.24) is 5.32 Å². The number of hydrogen-bond donors (Lipinski definition) is 2. The molecule has 0 aromatic heterocycles. The zero-order valence-corrected chi connectivity index (χ0v) is 14.4. The molecule has 0 bridgehead atoms. The molecule has 1 aliphatic heterocycles. The number of carbonyl (C=O) groups is 1. The van der Waals surface area contributed by atoms with Gasteiger partial charge in [0.1, 0.15) is 11.1 Å². The van der Waals surface area contributed by atoms with Gasteiger partial charge < -0.3 is 15.8 Å². The van der Waals surface area contributed by atoms with Gasteiger partial charge in [-0.1, -0.05) is 25.0 Å². The summed E-state index contributed by atoms with van der Waals surface area (Å²) in [6, 6.07) is 8.84. The maximum absolute atomic E-state index is 10.9. The molecule has 2 unspecified atom stereocenters. The maximum atomic E-state index is 10.9. The molecule has 1 aromatic rings. The highest BCUT2D eigenvalue weighted by Crippen LogP contribution is 2.18. The second-order valence-corrected chi connectivity index (χ2v) is 6.74. The number of amides is 1. The van der Waals surface area contributed by atoms with Gasteiger partial charge in [-0.25, -0.2) is 0 Å². The molecule has 0 saturated carbocycles. The quantitative estimate of drug-likeness (QED) is 0.565. The summed E-state index contributed by atoms with van der Waals surface area (Å²) in [7, 11) is 0. The minimum atomic E-state index is -0.605. The first-order valence-corrected chi connectivity index (χ1v) is 8.97. The molecular weight excluding hydrogens is 312 g/mol. The van der Waals surface area contributed by atoms with Crippen LogP contribution in [-0.4, -0.2) is 30.5 Å². The van der Waals surface area contributed by atoms with Crippen LogP contribution in [-0.2, 0) is 11.2 Å². The SMILES string of the molecule is NC(=O)C(Cl)CCCOc1cccc(CC2CCCCCN2)c1. The van der Waals surface area contributed by atoms with E-state index in [-0.39, 0.29) is 0 Å². The molecule has 1 aromatic carbocycles. The Morgan fingerprint density at radius 2 is 2.26 bits per heavy atom. The average Bonchev–Trinajstić information content (AvgIpc) is 2.80. The van der Waals surface area contributed by atoms with E-state index in [9.17, 15) is 4.79 Å². The molecular formula is C18H27ClN2O2. The van der Waals surface area contributed by atoms with Crippen LogP contribution in [0.15, 0.2) is 24.3 Å². The molecule has 4 nitrogen and oxygen atoms in total. The van der Waals surface area contributed by atoms with Crippen LogP contribution in [0.5, 0.6) is 5.75 Å². The molecule has 1 saturated heterocycles. The number of alkyl halides is 1. The van der Waals surface area contributed by atoms with Gasteiger partial charge in [-0.15, -0.1) is 11.6 Å². The van der Waals surface area contributed by atoms with Crippen molar-refractivity contribution in [2.75, 3.05) is 13.2 Å². The van der Waals surface area contributed by atoms with Crippen LogP contribution in [0.25, 0.3) is 0 Å². The Hall–Kier alpha value is -1.26. The number of nitrogens with two attached hydrogens (primary N) is 1. The van der Waals surface area contributed by atoms with Crippen molar-refractivity contribution < 1.29 is 9.53 Å². The van der Waals surface area contributed by atoms with E-state index in [1.165, 1.54) is 31.2 Å². The van der Waals surface area contributed by atoms with Crippen molar-refractivity contribution >= 4 is 17.5 Å². The highest BCUT2D eigenvalue weighted by atomic mass is 35.5. The molecule has 0 aliphatic carbocycles. The molecule has 5 heteroatoms. The molecule has 3 N–H and O–H groups in total. The van der Waals surface area contributed by atoms with Gasteiger partial charge in [-0.05, 0) is 56.3 Å². The van der Waals surface area contributed by atoms with Crippen LogP contribution in [0.3, 0.4) is 0 Å². The van der Waals surface area contributed by atoms with Crippen LogP contribution >= 0.6 is 11.6 Å². The molecule has 2 rings (SSSR count). The number of rotatable bonds is 8. The Labute approximate surface area is 143 Å². The normalized spacial score (nSPS) is 19.8. The molecule has 2 atom stereocenters. The van der Waals surface area contributed by atoms with Gasteiger partial charge in [0, 0.05) is 6.04 Å². The van der Waals surface area contributed by atoms with Gasteiger partial charge in [-0.3, -0.25) is 4.79 Å². The topological polar surface area (TPSA) is 64.4 Å². The summed E-state index contributed by atoms with van der Waals surface area (Å²) >= 11 is 5.81. The van der Waals surface area contributed by atoms with Crippen LogP contribution in [0.2, 0.25) is 0 Å². The summed E-state index contributed by atoms with van der Waals surface area (Å²) in [5.41, 5.74) is 6.43. The number of ether oxygens (including phenoxy) is 1. The van der Waals surface area contributed by atoms with E-state index < -0.39 is 11.3 Å². The molecule has 1 amide bonds. The Morgan fingerprint density at radius 3 is 3.09 bits per heavy atom. The van der Waals surface area contributed by atoms with E-state index in [1.54, 1.807) is 0 Å². The summed E-state index contributed by atoms with van der Waals surface area (Å²) in [6.07, 6.45) is 7.48. The lowest BCUT2D eigenvalue weighted by atomic mass is 10.0. The van der Waals surface area contributed by atoms with Crippen LogP contribution in [0, 0.1) is 0 Å². The van der Waals surface area contributed by atoms with Gasteiger partial charge in [0.2, 0.25) is 5.91 Å². The predicted molar refractivity (Wildman–Crippen MR) is 94.0 cm³/mol.